The molecule has 2 rings (SSSR count). The quantitative estimate of drug-likeness (QED) is 0.693. The van der Waals surface area contributed by atoms with Crippen LogP contribution in [-0.4, -0.2) is 5.91 Å². The van der Waals surface area contributed by atoms with Gasteiger partial charge in [0.05, 0.1) is 12.1 Å². The Hall–Kier alpha value is -0.860. The molecule has 0 aliphatic rings. The zero-order chi connectivity index (χ0) is 15.6. The van der Waals surface area contributed by atoms with E-state index in [0.717, 1.165) is 15.4 Å². The molecule has 21 heavy (non-hydrogen) atoms. The summed E-state index contributed by atoms with van der Waals surface area (Å²) < 4.78 is 39.2. The van der Waals surface area contributed by atoms with E-state index >= 15 is 0 Å². The number of thiophene rings is 1. The molecular weight excluding hydrogens is 435 g/mol. The molecule has 0 aliphatic carbocycles. The number of benzene rings is 1. The van der Waals surface area contributed by atoms with E-state index in [9.17, 15) is 18.0 Å². The minimum absolute atomic E-state index is 0.0267. The molecule has 8 heteroatoms. The monoisotopic (exact) mass is 441 g/mol. The van der Waals surface area contributed by atoms with Crippen LogP contribution in [0.15, 0.2) is 38.6 Å². The highest BCUT2D eigenvalue weighted by molar-refractivity contribution is 9.10. The topological polar surface area (TPSA) is 29.1 Å². The summed E-state index contributed by atoms with van der Waals surface area (Å²) in [6.07, 6.45) is -4.51. The first-order valence-electron chi connectivity index (χ1n) is 5.65. The summed E-state index contributed by atoms with van der Waals surface area (Å²) in [6, 6.07) is 5.25. The molecule has 2 nitrogen and oxygen atoms in total. The van der Waals surface area contributed by atoms with Crippen molar-refractivity contribution in [3.8, 4) is 0 Å². The molecule has 1 N–H and O–H groups in total. The van der Waals surface area contributed by atoms with E-state index in [4.69, 9.17) is 0 Å². The first-order chi connectivity index (χ1) is 9.77. The lowest BCUT2D eigenvalue weighted by Gasteiger charge is -2.11. The summed E-state index contributed by atoms with van der Waals surface area (Å²) in [4.78, 5) is 12.8. The van der Waals surface area contributed by atoms with Crippen LogP contribution >= 0.6 is 43.2 Å². The molecule has 0 fully saturated rings. The van der Waals surface area contributed by atoms with Gasteiger partial charge in [0, 0.05) is 24.8 Å². The van der Waals surface area contributed by atoms with Crippen molar-refractivity contribution in [3.05, 3.63) is 54.6 Å². The molecule has 0 radical (unpaired) electrons. The Morgan fingerprint density at radius 2 is 1.95 bits per heavy atom. The van der Waals surface area contributed by atoms with E-state index in [1.165, 1.54) is 23.5 Å². The molecule has 0 bridgehead atoms. The van der Waals surface area contributed by atoms with Crippen molar-refractivity contribution < 1.29 is 18.0 Å². The van der Waals surface area contributed by atoms with E-state index in [1.54, 1.807) is 0 Å². The maximum absolute atomic E-state index is 12.8. The average Bonchev–Trinajstić information content (AvgIpc) is 2.81. The SMILES string of the molecule is O=C(NCc1cc(Br)cs1)c1ccc(Br)c(C(F)(F)F)c1. The highest BCUT2D eigenvalue weighted by Gasteiger charge is 2.33. The lowest BCUT2D eigenvalue weighted by atomic mass is 10.1. The third-order valence-electron chi connectivity index (χ3n) is 2.58. The van der Waals surface area contributed by atoms with Crippen molar-refractivity contribution in [1.29, 1.82) is 0 Å². The van der Waals surface area contributed by atoms with Gasteiger partial charge in [-0.3, -0.25) is 4.79 Å². The fourth-order valence-electron chi connectivity index (χ4n) is 1.60. The molecule has 1 aromatic carbocycles. The van der Waals surface area contributed by atoms with Crippen LogP contribution in [0, 0.1) is 0 Å². The second-order valence-corrected chi connectivity index (χ2v) is 6.87. The zero-order valence-electron chi connectivity index (χ0n) is 10.3. The summed E-state index contributed by atoms with van der Waals surface area (Å²) in [6.45, 7) is 0.270. The number of hydrogen-bond donors (Lipinski definition) is 1. The second kappa shape index (κ2) is 6.50. The first kappa shape index (κ1) is 16.5. The highest BCUT2D eigenvalue weighted by Crippen LogP contribution is 2.35. The first-order valence-corrected chi connectivity index (χ1v) is 8.12. The van der Waals surface area contributed by atoms with Gasteiger partial charge >= 0.3 is 6.18 Å². The zero-order valence-corrected chi connectivity index (χ0v) is 14.3. The van der Waals surface area contributed by atoms with Gasteiger partial charge in [-0.2, -0.15) is 13.2 Å². The largest absolute Gasteiger partial charge is 0.417 e. The normalized spacial score (nSPS) is 11.5. The van der Waals surface area contributed by atoms with E-state index in [-0.39, 0.29) is 16.6 Å². The average molecular weight is 443 g/mol. The van der Waals surface area contributed by atoms with Crippen LogP contribution in [0.25, 0.3) is 0 Å². The van der Waals surface area contributed by atoms with Gasteiger partial charge in [0.1, 0.15) is 0 Å². The molecule has 0 saturated carbocycles. The molecule has 0 spiro atoms. The van der Waals surface area contributed by atoms with Gasteiger partial charge < -0.3 is 5.32 Å². The van der Waals surface area contributed by atoms with E-state index in [0.29, 0.717) is 0 Å². The fourth-order valence-corrected chi connectivity index (χ4v) is 3.46. The minimum atomic E-state index is -4.51. The summed E-state index contributed by atoms with van der Waals surface area (Å²) >= 11 is 7.58. The molecule has 0 unspecified atom stereocenters. The Morgan fingerprint density at radius 3 is 2.52 bits per heavy atom. The number of halogens is 5. The predicted octanol–water partition coefficient (Wildman–Crippen LogP) is 5.22. The molecule has 1 heterocycles. The van der Waals surface area contributed by atoms with Gasteiger partial charge in [-0.05, 0) is 40.2 Å². The number of carbonyl (C=O) groups excluding carboxylic acids is 1. The van der Waals surface area contributed by atoms with Crippen molar-refractivity contribution in [1.82, 2.24) is 5.32 Å². The van der Waals surface area contributed by atoms with Gasteiger partial charge in [-0.15, -0.1) is 11.3 Å². The number of rotatable bonds is 3. The molecule has 1 amide bonds. The number of nitrogens with one attached hydrogen (secondary N) is 1. The molecule has 0 atom stereocenters. The highest BCUT2D eigenvalue weighted by atomic mass is 79.9. The second-order valence-electron chi connectivity index (χ2n) is 4.11. The fraction of sp³-hybridized carbons (Fsp3) is 0.154. The standard InChI is InChI=1S/C13H8Br2F3NOS/c14-8-4-9(21-6-8)5-19-12(20)7-1-2-11(15)10(3-7)13(16,17)18/h1-4,6H,5H2,(H,19,20). The van der Waals surface area contributed by atoms with E-state index in [2.05, 4.69) is 37.2 Å². The smallest absolute Gasteiger partial charge is 0.347 e. The van der Waals surface area contributed by atoms with Crippen molar-refractivity contribution in [2.45, 2.75) is 12.7 Å². The van der Waals surface area contributed by atoms with Crippen molar-refractivity contribution in [2.24, 2.45) is 0 Å². The Morgan fingerprint density at radius 1 is 1.24 bits per heavy atom. The summed E-state index contributed by atoms with van der Waals surface area (Å²) in [5.74, 6) is -0.544. The molecular formula is C13H8Br2F3NOS. The maximum atomic E-state index is 12.8. The Bertz CT molecular complexity index is 670. The van der Waals surface area contributed by atoms with Crippen LogP contribution in [0.1, 0.15) is 20.8 Å². The molecule has 112 valence electrons. The van der Waals surface area contributed by atoms with Gasteiger partial charge in [-0.25, -0.2) is 0 Å². The summed E-state index contributed by atoms with van der Waals surface area (Å²) in [5.41, 5.74) is -0.893. The van der Waals surface area contributed by atoms with Crippen LogP contribution in [0.4, 0.5) is 13.2 Å². The summed E-state index contributed by atoms with van der Waals surface area (Å²) in [5, 5.41) is 4.46. The molecule has 0 aliphatic heterocycles. The number of amides is 1. The molecule has 0 saturated heterocycles. The van der Waals surface area contributed by atoms with E-state index in [1.807, 2.05) is 11.4 Å². The van der Waals surface area contributed by atoms with E-state index < -0.39 is 17.6 Å². The lowest BCUT2D eigenvalue weighted by Crippen LogP contribution is -2.23. The third-order valence-corrected chi connectivity index (χ3v) is 4.97. The van der Waals surface area contributed by atoms with Crippen LogP contribution in [0.3, 0.4) is 0 Å². The van der Waals surface area contributed by atoms with Crippen LogP contribution < -0.4 is 5.32 Å². The van der Waals surface area contributed by atoms with Crippen LogP contribution in [0.5, 0.6) is 0 Å². The molecule has 1 aromatic heterocycles. The predicted molar refractivity (Wildman–Crippen MR) is 82.3 cm³/mol. The van der Waals surface area contributed by atoms with Gasteiger partial charge in [0.2, 0.25) is 0 Å². The Labute approximate surface area is 139 Å². The Kier molecular flexibility index (Phi) is 5.11. The van der Waals surface area contributed by atoms with Gasteiger partial charge in [-0.1, -0.05) is 15.9 Å². The summed E-state index contributed by atoms with van der Waals surface area (Å²) in [7, 11) is 0. The van der Waals surface area contributed by atoms with Crippen molar-refractivity contribution in [3.63, 3.8) is 0 Å². The van der Waals surface area contributed by atoms with Crippen molar-refractivity contribution in [2.75, 3.05) is 0 Å². The number of hydrogen-bond acceptors (Lipinski definition) is 2. The third kappa shape index (κ3) is 4.31. The van der Waals surface area contributed by atoms with Gasteiger partial charge in [0.15, 0.2) is 0 Å². The number of carbonyl (C=O) groups is 1. The van der Waals surface area contributed by atoms with Crippen LogP contribution in [-0.2, 0) is 12.7 Å². The molecule has 2 aromatic rings. The van der Waals surface area contributed by atoms with Gasteiger partial charge in [0.25, 0.3) is 5.91 Å². The van der Waals surface area contributed by atoms with Crippen LogP contribution in [0.2, 0.25) is 0 Å². The number of alkyl halides is 3. The minimum Gasteiger partial charge on any atom is -0.347 e. The maximum Gasteiger partial charge on any atom is 0.417 e. The Balaban J connectivity index is 2.12. The van der Waals surface area contributed by atoms with Crippen molar-refractivity contribution >= 4 is 49.1 Å². The lowest BCUT2D eigenvalue weighted by molar-refractivity contribution is -0.138.